The molecule has 1 saturated heterocycles. The molecule has 0 spiro atoms. The van der Waals surface area contributed by atoms with Gasteiger partial charge in [-0.15, -0.1) is 12.4 Å². The number of benzene rings is 1. The average molecular weight is 378 g/mol. The van der Waals surface area contributed by atoms with Crippen LogP contribution in [0.1, 0.15) is 62.9 Å². The third-order valence-electron chi connectivity index (χ3n) is 4.82. The van der Waals surface area contributed by atoms with Gasteiger partial charge in [-0.3, -0.25) is 5.41 Å². The second-order valence-electron chi connectivity index (χ2n) is 6.70. The van der Waals surface area contributed by atoms with Crippen LogP contribution in [0.3, 0.4) is 0 Å². The van der Waals surface area contributed by atoms with Gasteiger partial charge >= 0.3 is 0 Å². The van der Waals surface area contributed by atoms with Crippen molar-refractivity contribution in [2.24, 2.45) is 5.73 Å². The maximum absolute atomic E-state index is 7.66. The lowest BCUT2D eigenvalue weighted by molar-refractivity contribution is 0.283. The van der Waals surface area contributed by atoms with Crippen molar-refractivity contribution in [1.82, 2.24) is 15.0 Å². The topological polar surface area (TPSA) is 92.0 Å². The summed E-state index contributed by atoms with van der Waals surface area (Å²) < 4.78 is 5.45. The van der Waals surface area contributed by atoms with Gasteiger partial charge in [0.15, 0.2) is 5.96 Å². The molecule has 1 aromatic heterocycles. The van der Waals surface area contributed by atoms with Crippen LogP contribution in [-0.4, -0.2) is 27.5 Å². The monoisotopic (exact) mass is 377 g/mol. The van der Waals surface area contributed by atoms with E-state index in [1.165, 1.54) is 31.2 Å². The molecular weight excluding hydrogens is 350 g/mol. The minimum atomic E-state index is -0.0726. The Labute approximate surface area is 161 Å². The van der Waals surface area contributed by atoms with Crippen LogP contribution in [0.15, 0.2) is 28.8 Å². The maximum atomic E-state index is 7.66. The molecule has 0 saturated carbocycles. The summed E-state index contributed by atoms with van der Waals surface area (Å²) >= 11 is 0. The Balaban J connectivity index is 0.00000243. The highest BCUT2D eigenvalue weighted by Gasteiger charge is 2.31. The van der Waals surface area contributed by atoms with Gasteiger partial charge in [-0.05, 0) is 31.2 Å². The van der Waals surface area contributed by atoms with Gasteiger partial charge in [0.1, 0.15) is 6.04 Å². The number of nitrogens with one attached hydrogen (secondary N) is 1. The Kier molecular flexibility index (Phi) is 7.45. The molecule has 6 nitrogen and oxygen atoms in total. The molecule has 0 amide bonds. The molecule has 26 heavy (non-hydrogen) atoms. The molecule has 3 N–H and O–H groups in total. The minimum absolute atomic E-state index is 0. The van der Waals surface area contributed by atoms with E-state index in [1.54, 1.807) is 0 Å². The van der Waals surface area contributed by atoms with Gasteiger partial charge in [0.25, 0.3) is 0 Å². The van der Waals surface area contributed by atoms with Crippen molar-refractivity contribution in [3.05, 3.63) is 35.7 Å². The Morgan fingerprint density at radius 1 is 1.27 bits per heavy atom. The summed E-state index contributed by atoms with van der Waals surface area (Å²) in [6.07, 6.45) is 8.09. The molecule has 1 fully saturated rings. The van der Waals surface area contributed by atoms with E-state index in [1.807, 2.05) is 4.90 Å². The summed E-state index contributed by atoms with van der Waals surface area (Å²) in [6.45, 7) is 3.00. The second-order valence-corrected chi connectivity index (χ2v) is 6.70. The SMILES string of the molecule is CCCCCCc1ccc(-c2noc([C@@H]3CCCN3C(=N)N)n2)cc1.Cl. The Morgan fingerprint density at radius 3 is 2.73 bits per heavy atom. The third-order valence-corrected chi connectivity index (χ3v) is 4.82. The molecule has 1 aliphatic heterocycles. The summed E-state index contributed by atoms with van der Waals surface area (Å²) in [5.74, 6) is 1.21. The van der Waals surface area contributed by atoms with Crippen molar-refractivity contribution >= 4 is 18.4 Å². The normalized spacial score (nSPS) is 16.5. The van der Waals surface area contributed by atoms with Gasteiger partial charge in [0.2, 0.25) is 11.7 Å². The van der Waals surface area contributed by atoms with Gasteiger partial charge in [-0.25, -0.2) is 0 Å². The number of hydrogen-bond donors (Lipinski definition) is 2. The number of aryl methyl sites for hydroxylation is 1. The van der Waals surface area contributed by atoms with Crippen molar-refractivity contribution in [2.75, 3.05) is 6.54 Å². The van der Waals surface area contributed by atoms with Gasteiger partial charge in [0.05, 0.1) is 0 Å². The summed E-state index contributed by atoms with van der Waals surface area (Å²) in [5.41, 5.74) is 7.95. The molecular formula is C19H28ClN5O. The van der Waals surface area contributed by atoms with Crippen LogP contribution < -0.4 is 5.73 Å². The number of unbranched alkanes of at least 4 members (excludes halogenated alkanes) is 3. The van der Waals surface area contributed by atoms with Crippen LogP contribution in [0.4, 0.5) is 0 Å². The van der Waals surface area contributed by atoms with E-state index >= 15 is 0 Å². The number of rotatable bonds is 7. The van der Waals surface area contributed by atoms with E-state index in [4.69, 9.17) is 15.7 Å². The molecule has 1 atom stereocenters. The van der Waals surface area contributed by atoms with Gasteiger partial charge in [-0.2, -0.15) is 4.98 Å². The fraction of sp³-hybridized carbons (Fsp3) is 0.526. The summed E-state index contributed by atoms with van der Waals surface area (Å²) in [4.78, 5) is 6.36. The molecule has 7 heteroatoms. The Morgan fingerprint density at radius 2 is 2.04 bits per heavy atom. The van der Waals surface area contributed by atoms with E-state index in [9.17, 15) is 0 Å². The summed E-state index contributed by atoms with van der Waals surface area (Å²) in [6, 6.07) is 8.34. The first-order valence-corrected chi connectivity index (χ1v) is 9.22. The summed E-state index contributed by atoms with van der Waals surface area (Å²) in [7, 11) is 0. The molecule has 3 rings (SSSR count). The second kappa shape index (κ2) is 9.57. The number of nitrogens with zero attached hydrogens (tertiary/aromatic N) is 3. The lowest BCUT2D eigenvalue weighted by atomic mass is 10.0. The van der Waals surface area contributed by atoms with E-state index in [0.29, 0.717) is 11.7 Å². The number of nitrogens with two attached hydrogens (primary N) is 1. The zero-order chi connectivity index (χ0) is 17.6. The first-order chi connectivity index (χ1) is 12.2. The van der Waals surface area contributed by atoms with Crippen LogP contribution >= 0.6 is 12.4 Å². The molecule has 1 aromatic carbocycles. The molecule has 142 valence electrons. The number of guanidine groups is 1. The molecule has 2 aromatic rings. The zero-order valence-electron chi connectivity index (χ0n) is 15.3. The van der Waals surface area contributed by atoms with Crippen LogP contribution in [0, 0.1) is 5.41 Å². The Bertz CT molecular complexity index is 700. The first kappa shape index (κ1) is 20.2. The molecule has 0 aliphatic carbocycles. The predicted octanol–water partition coefficient (Wildman–Crippen LogP) is 4.31. The van der Waals surface area contributed by atoms with Crippen molar-refractivity contribution in [3.63, 3.8) is 0 Å². The Hall–Kier alpha value is -2.08. The van der Waals surface area contributed by atoms with Crippen LogP contribution in [-0.2, 0) is 6.42 Å². The van der Waals surface area contributed by atoms with Crippen LogP contribution in [0.25, 0.3) is 11.4 Å². The largest absolute Gasteiger partial charge is 0.370 e. The first-order valence-electron chi connectivity index (χ1n) is 9.22. The number of halogens is 1. The van der Waals surface area contributed by atoms with E-state index < -0.39 is 0 Å². The maximum Gasteiger partial charge on any atom is 0.249 e. The summed E-state index contributed by atoms with van der Waals surface area (Å²) in [5, 5.41) is 11.8. The van der Waals surface area contributed by atoms with Gasteiger partial charge in [0, 0.05) is 12.1 Å². The van der Waals surface area contributed by atoms with E-state index in [2.05, 4.69) is 41.3 Å². The standard InChI is InChI=1S/C19H27N5O.ClH/c1-2-3-4-5-7-14-9-11-15(12-10-14)17-22-18(25-23-17)16-8-6-13-24(16)19(20)21;/h9-12,16H,2-8,13H2,1H3,(H3,20,21);1H/t16-;/m0./s1. The zero-order valence-corrected chi connectivity index (χ0v) is 16.1. The number of aromatic nitrogens is 2. The van der Waals surface area contributed by atoms with E-state index in [-0.39, 0.29) is 24.4 Å². The number of likely N-dealkylation sites (tertiary alicyclic amines) is 1. The highest BCUT2D eigenvalue weighted by atomic mass is 35.5. The third kappa shape index (κ3) is 4.75. The number of hydrogen-bond acceptors (Lipinski definition) is 4. The van der Waals surface area contributed by atoms with Crippen molar-refractivity contribution < 1.29 is 4.52 Å². The lowest BCUT2D eigenvalue weighted by Gasteiger charge is -2.21. The smallest absolute Gasteiger partial charge is 0.249 e. The molecule has 0 unspecified atom stereocenters. The molecule has 2 heterocycles. The quantitative estimate of drug-likeness (QED) is 0.426. The van der Waals surface area contributed by atoms with Crippen LogP contribution in [0.2, 0.25) is 0 Å². The van der Waals surface area contributed by atoms with Crippen molar-refractivity contribution in [2.45, 2.75) is 57.9 Å². The van der Waals surface area contributed by atoms with E-state index in [0.717, 1.165) is 31.4 Å². The fourth-order valence-electron chi connectivity index (χ4n) is 3.38. The molecule has 0 bridgehead atoms. The van der Waals surface area contributed by atoms with Gasteiger partial charge in [-0.1, -0.05) is 55.6 Å². The predicted molar refractivity (Wildman–Crippen MR) is 105 cm³/mol. The fourth-order valence-corrected chi connectivity index (χ4v) is 3.38. The van der Waals surface area contributed by atoms with Crippen molar-refractivity contribution in [1.29, 1.82) is 5.41 Å². The van der Waals surface area contributed by atoms with Gasteiger partial charge < -0.3 is 15.2 Å². The average Bonchev–Trinajstić information content (AvgIpc) is 3.28. The highest BCUT2D eigenvalue weighted by molar-refractivity contribution is 5.85. The molecule has 0 radical (unpaired) electrons. The molecule has 1 aliphatic rings. The van der Waals surface area contributed by atoms with Crippen molar-refractivity contribution in [3.8, 4) is 11.4 Å². The highest BCUT2D eigenvalue weighted by Crippen LogP contribution is 2.31. The minimum Gasteiger partial charge on any atom is -0.370 e. The lowest BCUT2D eigenvalue weighted by Crippen LogP contribution is -2.35. The van der Waals surface area contributed by atoms with Crippen LogP contribution in [0.5, 0.6) is 0 Å².